The molecule has 2 aliphatic rings. The highest BCUT2D eigenvalue weighted by atomic mass is 32.2. The van der Waals surface area contributed by atoms with Crippen LogP contribution in [-0.4, -0.2) is 68.6 Å². The van der Waals surface area contributed by atoms with E-state index in [1.807, 2.05) is 0 Å². The van der Waals surface area contributed by atoms with Crippen molar-refractivity contribution in [2.24, 2.45) is 0 Å². The number of sulfone groups is 1. The maximum Gasteiger partial charge on any atom is 0.253 e. The number of hydrogen-bond donors (Lipinski definition) is 1. The molecule has 18 heavy (non-hydrogen) atoms. The lowest BCUT2D eigenvalue weighted by Gasteiger charge is -2.39. The number of carbonyl (C=O) groups excluding carboxylic acids is 1. The van der Waals surface area contributed by atoms with Crippen LogP contribution in [0.15, 0.2) is 0 Å². The topological polar surface area (TPSA) is 75.7 Å². The van der Waals surface area contributed by atoms with Gasteiger partial charge in [-0.1, -0.05) is 0 Å². The fourth-order valence-corrected chi connectivity index (χ4v) is 3.96. The van der Waals surface area contributed by atoms with Gasteiger partial charge in [-0.2, -0.15) is 0 Å². The average molecular weight is 276 g/mol. The first-order valence-electron chi connectivity index (χ1n) is 6.28. The molecule has 104 valence electrons. The molecule has 2 heterocycles. The van der Waals surface area contributed by atoms with Gasteiger partial charge in [-0.05, 0) is 13.8 Å². The van der Waals surface area contributed by atoms with Crippen molar-refractivity contribution < 1.29 is 17.9 Å². The third-order valence-electron chi connectivity index (χ3n) is 3.84. The second kappa shape index (κ2) is 5.14. The van der Waals surface area contributed by atoms with Crippen LogP contribution in [0.25, 0.3) is 0 Å². The Kier molecular flexibility index (Phi) is 3.93. The number of rotatable bonds is 1. The Balaban J connectivity index is 2.07. The molecule has 0 bridgehead atoms. The molecule has 0 aliphatic carbocycles. The minimum atomic E-state index is -3.06. The summed E-state index contributed by atoms with van der Waals surface area (Å²) in [6.07, 6.45) is -0.478. The molecule has 2 rings (SSSR count). The van der Waals surface area contributed by atoms with E-state index in [1.165, 1.54) is 0 Å². The van der Waals surface area contributed by atoms with Gasteiger partial charge in [0.1, 0.15) is 6.10 Å². The van der Waals surface area contributed by atoms with E-state index >= 15 is 0 Å². The zero-order valence-corrected chi connectivity index (χ0v) is 11.6. The summed E-state index contributed by atoms with van der Waals surface area (Å²) in [5.41, 5.74) is 0. The second-order valence-electron chi connectivity index (χ2n) is 4.91. The molecule has 2 fully saturated rings. The van der Waals surface area contributed by atoms with Gasteiger partial charge in [-0.15, -0.1) is 0 Å². The first-order valence-corrected chi connectivity index (χ1v) is 7.99. The standard InChI is InChI=1S/C11H20N2O4S/c1-8-9(2)18(15,16)6-4-13(8)11(14)10-7-12-3-5-17-10/h8-10,12H,3-7H2,1-2H3. The van der Waals surface area contributed by atoms with Crippen LogP contribution in [-0.2, 0) is 19.4 Å². The van der Waals surface area contributed by atoms with Crippen molar-refractivity contribution in [3.63, 3.8) is 0 Å². The summed E-state index contributed by atoms with van der Waals surface area (Å²) in [5, 5.41) is 2.60. The predicted molar refractivity (Wildman–Crippen MR) is 67.0 cm³/mol. The van der Waals surface area contributed by atoms with Gasteiger partial charge >= 0.3 is 0 Å². The summed E-state index contributed by atoms with van der Waals surface area (Å²) < 4.78 is 28.9. The van der Waals surface area contributed by atoms with E-state index in [4.69, 9.17) is 4.74 Å². The van der Waals surface area contributed by atoms with Gasteiger partial charge in [-0.25, -0.2) is 8.42 Å². The van der Waals surface area contributed by atoms with E-state index in [2.05, 4.69) is 5.32 Å². The third-order valence-corrected chi connectivity index (χ3v) is 6.12. The molecule has 2 saturated heterocycles. The monoisotopic (exact) mass is 276 g/mol. The number of hydrogen-bond acceptors (Lipinski definition) is 5. The molecule has 1 N–H and O–H groups in total. The van der Waals surface area contributed by atoms with E-state index in [1.54, 1.807) is 18.7 Å². The van der Waals surface area contributed by atoms with Gasteiger partial charge in [0.25, 0.3) is 5.91 Å². The molecule has 0 spiro atoms. The quantitative estimate of drug-likeness (QED) is 0.665. The molecular weight excluding hydrogens is 256 g/mol. The summed E-state index contributed by atoms with van der Waals surface area (Å²) >= 11 is 0. The summed E-state index contributed by atoms with van der Waals surface area (Å²) in [5.74, 6) is -0.0545. The molecule has 6 nitrogen and oxygen atoms in total. The molecule has 0 aromatic rings. The van der Waals surface area contributed by atoms with Crippen LogP contribution in [0, 0.1) is 0 Å². The number of nitrogens with one attached hydrogen (secondary N) is 1. The summed E-state index contributed by atoms with van der Waals surface area (Å²) in [6.45, 7) is 5.50. The van der Waals surface area contributed by atoms with E-state index in [-0.39, 0.29) is 24.2 Å². The second-order valence-corrected chi connectivity index (χ2v) is 7.39. The van der Waals surface area contributed by atoms with Crippen molar-refractivity contribution in [3.8, 4) is 0 Å². The zero-order chi connectivity index (χ0) is 13.3. The van der Waals surface area contributed by atoms with Gasteiger partial charge in [0.05, 0.1) is 17.6 Å². The summed E-state index contributed by atoms with van der Waals surface area (Å²) in [7, 11) is -3.06. The number of amides is 1. The van der Waals surface area contributed by atoms with Crippen molar-refractivity contribution in [1.29, 1.82) is 0 Å². The van der Waals surface area contributed by atoms with Crippen molar-refractivity contribution in [2.45, 2.75) is 31.2 Å². The molecule has 3 atom stereocenters. The molecule has 0 aromatic heterocycles. The third kappa shape index (κ3) is 2.53. The maximum absolute atomic E-state index is 12.3. The molecule has 3 unspecified atom stereocenters. The van der Waals surface area contributed by atoms with E-state index in [0.717, 1.165) is 6.54 Å². The Morgan fingerprint density at radius 1 is 1.39 bits per heavy atom. The molecule has 0 aromatic carbocycles. The summed E-state index contributed by atoms with van der Waals surface area (Å²) in [6, 6.07) is -0.290. The van der Waals surface area contributed by atoms with Crippen LogP contribution in [0.5, 0.6) is 0 Å². The normalized spacial score (nSPS) is 36.3. The van der Waals surface area contributed by atoms with Crippen LogP contribution in [0.4, 0.5) is 0 Å². The first-order chi connectivity index (χ1) is 8.43. The lowest BCUT2D eigenvalue weighted by Crippen LogP contribution is -2.59. The molecule has 1 amide bonds. The van der Waals surface area contributed by atoms with Crippen LogP contribution in [0.3, 0.4) is 0 Å². The van der Waals surface area contributed by atoms with Crippen LogP contribution < -0.4 is 5.32 Å². The minimum Gasteiger partial charge on any atom is -0.366 e. The van der Waals surface area contributed by atoms with E-state index in [9.17, 15) is 13.2 Å². The lowest BCUT2D eigenvalue weighted by atomic mass is 10.1. The zero-order valence-electron chi connectivity index (χ0n) is 10.8. The molecular formula is C11H20N2O4S. The van der Waals surface area contributed by atoms with Gasteiger partial charge in [0.15, 0.2) is 9.84 Å². The van der Waals surface area contributed by atoms with Crippen molar-refractivity contribution in [2.75, 3.05) is 32.0 Å². The highest BCUT2D eigenvalue weighted by Crippen LogP contribution is 2.20. The van der Waals surface area contributed by atoms with Gasteiger partial charge < -0.3 is 15.0 Å². The predicted octanol–water partition coefficient (Wildman–Crippen LogP) is -0.991. The van der Waals surface area contributed by atoms with Crippen molar-refractivity contribution in [1.82, 2.24) is 10.2 Å². The molecule has 0 saturated carbocycles. The average Bonchev–Trinajstić information content (AvgIpc) is 2.37. The largest absolute Gasteiger partial charge is 0.366 e. The Morgan fingerprint density at radius 3 is 2.72 bits per heavy atom. The van der Waals surface area contributed by atoms with Crippen LogP contribution >= 0.6 is 0 Å². The molecule has 7 heteroatoms. The van der Waals surface area contributed by atoms with Gasteiger partial charge in [-0.3, -0.25) is 4.79 Å². The highest BCUT2D eigenvalue weighted by Gasteiger charge is 2.40. The number of carbonyl (C=O) groups is 1. The smallest absolute Gasteiger partial charge is 0.253 e. The number of morpholine rings is 1. The Bertz CT molecular complexity index is 417. The summed E-state index contributed by atoms with van der Waals surface area (Å²) in [4.78, 5) is 13.9. The highest BCUT2D eigenvalue weighted by molar-refractivity contribution is 7.92. The van der Waals surface area contributed by atoms with Crippen LogP contribution in [0.1, 0.15) is 13.8 Å². The Morgan fingerprint density at radius 2 is 2.11 bits per heavy atom. The van der Waals surface area contributed by atoms with Gasteiger partial charge in [0.2, 0.25) is 0 Å². The fourth-order valence-electron chi connectivity index (χ4n) is 2.39. The fraction of sp³-hybridized carbons (Fsp3) is 0.909. The first kappa shape index (κ1) is 13.8. The Labute approximate surface area is 108 Å². The van der Waals surface area contributed by atoms with Crippen LogP contribution in [0.2, 0.25) is 0 Å². The molecule has 0 radical (unpaired) electrons. The van der Waals surface area contributed by atoms with E-state index < -0.39 is 21.2 Å². The van der Waals surface area contributed by atoms with Gasteiger partial charge in [0, 0.05) is 25.7 Å². The number of nitrogens with zero attached hydrogens (tertiary/aromatic N) is 1. The maximum atomic E-state index is 12.3. The SMILES string of the molecule is CC1C(C)S(=O)(=O)CCN1C(=O)C1CNCCO1. The number of ether oxygens (including phenoxy) is 1. The molecule has 2 aliphatic heterocycles. The minimum absolute atomic E-state index is 0.0460. The van der Waals surface area contributed by atoms with Crippen molar-refractivity contribution >= 4 is 15.7 Å². The Hall–Kier alpha value is -0.660. The van der Waals surface area contributed by atoms with Crippen molar-refractivity contribution in [3.05, 3.63) is 0 Å². The van der Waals surface area contributed by atoms with E-state index in [0.29, 0.717) is 13.2 Å². The lowest BCUT2D eigenvalue weighted by molar-refractivity contribution is -0.147.